The Balaban J connectivity index is 1.47. The highest BCUT2D eigenvalue weighted by Gasteiger charge is 2.25. The van der Waals surface area contributed by atoms with E-state index in [1.54, 1.807) is 12.4 Å². The Labute approximate surface area is 146 Å². The second-order valence-electron chi connectivity index (χ2n) is 6.57. The maximum Gasteiger partial charge on any atom is 0.255 e. The van der Waals surface area contributed by atoms with Crippen molar-refractivity contribution in [2.24, 2.45) is 0 Å². The number of carbonyl (C=O) groups is 1. The fourth-order valence-electron chi connectivity index (χ4n) is 3.43. The fraction of sp³-hybridized carbons (Fsp3) is 0.300. The third-order valence-corrected chi connectivity index (χ3v) is 4.81. The lowest BCUT2D eigenvalue weighted by atomic mass is 9.93. The number of fused-ring (bicyclic) bond motifs is 1. The van der Waals surface area contributed by atoms with E-state index >= 15 is 0 Å². The lowest BCUT2D eigenvalue weighted by Gasteiger charge is -2.31. The number of nitrogens with zero attached hydrogens (tertiary/aromatic N) is 4. The van der Waals surface area contributed by atoms with Crippen LogP contribution in [-0.2, 0) is 0 Å². The van der Waals surface area contributed by atoms with Crippen LogP contribution >= 0.6 is 0 Å². The lowest BCUT2D eigenvalue weighted by Crippen LogP contribution is -2.38. The molecular weight excluding hydrogens is 312 g/mol. The van der Waals surface area contributed by atoms with Crippen LogP contribution in [0.15, 0.2) is 48.9 Å². The molecule has 1 aliphatic rings. The van der Waals surface area contributed by atoms with Crippen molar-refractivity contribution < 1.29 is 4.79 Å². The average Bonchev–Trinajstić information content (AvgIpc) is 2.67. The van der Waals surface area contributed by atoms with Gasteiger partial charge in [-0.3, -0.25) is 19.7 Å². The van der Waals surface area contributed by atoms with Gasteiger partial charge in [0, 0.05) is 43.0 Å². The van der Waals surface area contributed by atoms with Crippen LogP contribution in [-0.4, -0.2) is 38.8 Å². The number of hydrogen-bond acceptors (Lipinski definition) is 4. The Bertz CT molecular complexity index is 916. The van der Waals surface area contributed by atoms with E-state index in [2.05, 4.69) is 15.0 Å². The largest absolute Gasteiger partial charge is 0.339 e. The van der Waals surface area contributed by atoms with E-state index in [9.17, 15) is 4.79 Å². The maximum atomic E-state index is 12.8. The van der Waals surface area contributed by atoms with Gasteiger partial charge in [0.2, 0.25) is 0 Å². The van der Waals surface area contributed by atoms with Crippen LogP contribution in [0.2, 0.25) is 0 Å². The number of rotatable bonds is 2. The van der Waals surface area contributed by atoms with Gasteiger partial charge in [0.1, 0.15) is 0 Å². The predicted molar refractivity (Wildman–Crippen MR) is 96.4 cm³/mol. The Morgan fingerprint density at radius 3 is 2.72 bits per heavy atom. The third-order valence-electron chi connectivity index (χ3n) is 4.81. The minimum atomic E-state index is 0.0621. The van der Waals surface area contributed by atoms with Gasteiger partial charge >= 0.3 is 0 Å². The zero-order valence-corrected chi connectivity index (χ0v) is 14.2. The first-order valence-corrected chi connectivity index (χ1v) is 8.63. The number of pyridine rings is 1. The smallest absolute Gasteiger partial charge is 0.255 e. The lowest BCUT2D eigenvalue weighted by molar-refractivity contribution is 0.0711. The van der Waals surface area contributed by atoms with Gasteiger partial charge in [-0.2, -0.15) is 0 Å². The van der Waals surface area contributed by atoms with Gasteiger partial charge in [-0.05, 0) is 31.9 Å². The molecule has 25 heavy (non-hydrogen) atoms. The van der Waals surface area contributed by atoms with Crippen LogP contribution in [0.25, 0.3) is 10.9 Å². The number of carbonyl (C=O) groups excluding carboxylic acids is 1. The summed E-state index contributed by atoms with van der Waals surface area (Å²) in [4.78, 5) is 27.9. The quantitative estimate of drug-likeness (QED) is 0.722. The summed E-state index contributed by atoms with van der Waals surface area (Å²) in [6.45, 7) is 3.44. The van der Waals surface area contributed by atoms with Crippen molar-refractivity contribution >= 4 is 16.8 Å². The highest BCUT2D eigenvalue weighted by Crippen LogP contribution is 2.27. The van der Waals surface area contributed by atoms with E-state index < -0.39 is 0 Å². The van der Waals surface area contributed by atoms with E-state index in [-0.39, 0.29) is 5.91 Å². The highest BCUT2D eigenvalue weighted by molar-refractivity contribution is 5.97. The SMILES string of the molecule is Cc1cncc(C2CCN(C(=O)c3cnc4ccccc4c3)CC2)n1. The summed E-state index contributed by atoms with van der Waals surface area (Å²) in [5.41, 5.74) is 3.56. The van der Waals surface area contributed by atoms with Crippen LogP contribution in [0, 0.1) is 6.92 Å². The van der Waals surface area contributed by atoms with Gasteiger partial charge in [-0.1, -0.05) is 18.2 Å². The third kappa shape index (κ3) is 3.22. The van der Waals surface area contributed by atoms with Crippen LogP contribution < -0.4 is 0 Å². The van der Waals surface area contributed by atoms with E-state index in [0.717, 1.165) is 48.2 Å². The molecule has 0 spiro atoms. The normalized spacial score (nSPS) is 15.5. The molecule has 0 atom stereocenters. The molecule has 5 heteroatoms. The molecule has 5 nitrogen and oxygen atoms in total. The molecule has 3 aromatic rings. The topological polar surface area (TPSA) is 59.0 Å². The fourth-order valence-corrected chi connectivity index (χ4v) is 3.43. The summed E-state index contributed by atoms with van der Waals surface area (Å²) in [6.07, 6.45) is 7.15. The van der Waals surface area contributed by atoms with Crippen molar-refractivity contribution in [3.05, 3.63) is 65.9 Å². The number of para-hydroxylation sites is 1. The van der Waals surface area contributed by atoms with Crippen molar-refractivity contribution in [3.63, 3.8) is 0 Å². The molecule has 0 aliphatic carbocycles. The maximum absolute atomic E-state index is 12.8. The summed E-state index contributed by atoms with van der Waals surface area (Å²) < 4.78 is 0. The zero-order valence-electron chi connectivity index (χ0n) is 14.2. The summed E-state index contributed by atoms with van der Waals surface area (Å²) in [7, 11) is 0. The Kier molecular flexibility index (Phi) is 4.14. The molecule has 1 aromatic carbocycles. The number of benzene rings is 1. The number of hydrogen-bond donors (Lipinski definition) is 0. The van der Waals surface area contributed by atoms with E-state index in [0.29, 0.717) is 11.5 Å². The number of likely N-dealkylation sites (tertiary alicyclic amines) is 1. The van der Waals surface area contributed by atoms with Gasteiger partial charge in [0.15, 0.2) is 0 Å². The number of amides is 1. The second-order valence-corrected chi connectivity index (χ2v) is 6.57. The van der Waals surface area contributed by atoms with E-state index in [4.69, 9.17) is 0 Å². The first-order valence-electron chi connectivity index (χ1n) is 8.63. The number of aryl methyl sites for hydroxylation is 1. The molecule has 4 rings (SSSR count). The molecule has 126 valence electrons. The molecular formula is C20H20N4O. The number of aromatic nitrogens is 3. The van der Waals surface area contributed by atoms with Gasteiger partial charge in [-0.15, -0.1) is 0 Å². The molecule has 3 heterocycles. The molecule has 1 saturated heterocycles. The van der Waals surface area contributed by atoms with Crippen molar-refractivity contribution in [1.82, 2.24) is 19.9 Å². The monoisotopic (exact) mass is 332 g/mol. The molecule has 1 fully saturated rings. The van der Waals surface area contributed by atoms with Crippen LogP contribution in [0.3, 0.4) is 0 Å². The second kappa shape index (κ2) is 6.59. The minimum absolute atomic E-state index is 0.0621. The van der Waals surface area contributed by atoms with Crippen molar-refractivity contribution in [2.45, 2.75) is 25.7 Å². The van der Waals surface area contributed by atoms with Crippen molar-refractivity contribution in [1.29, 1.82) is 0 Å². The van der Waals surface area contributed by atoms with Crippen molar-refractivity contribution in [3.8, 4) is 0 Å². The minimum Gasteiger partial charge on any atom is -0.339 e. The summed E-state index contributed by atoms with van der Waals surface area (Å²) >= 11 is 0. The Morgan fingerprint density at radius 2 is 1.92 bits per heavy atom. The zero-order chi connectivity index (χ0) is 17.2. The predicted octanol–water partition coefficient (Wildman–Crippen LogP) is 3.35. The van der Waals surface area contributed by atoms with Crippen LogP contribution in [0.1, 0.15) is 40.5 Å². The Hall–Kier alpha value is -2.82. The summed E-state index contributed by atoms with van der Waals surface area (Å²) in [5.74, 6) is 0.443. The first-order chi connectivity index (χ1) is 12.2. The highest BCUT2D eigenvalue weighted by atomic mass is 16.2. The van der Waals surface area contributed by atoms with Crippen LogP contribution in [0.5, 0.6) is 0 Å². The number of piperidine rings is 1. The molecule has 2 aromatic heterocycles. The molecule has 1 aliphatic heterocycles. The van der Waals surface area contributed by atoms with Crippen LogP contribution in [0.4, 0.5) is 0 Å². The Morgan fingerprint density at radius 1 is 1.12 bits per heavy atom. The van der Waals surface area contributed by atoms with Gasteiger partial charge in [-0.25, -0.2) is 0 Å². The van der Waals surface area contributed by atoms with Crippen molar-refractivity contribution in [2.75, 3.05) is 13.1 Å². The first kappa shape index (κ1) is 15.7. The molecule has 0 N–H and O–H groups in total. The van der Waals surface area contributed by atoms with Gasteiger partial charge < -0.3 is 4.90 Å². The van der Waals surface area contributed by atoms with E-state index in [1.807, 2.05) is 48.4 Å². The van der Waals surface area contributed by atoms with E-state index in [1.165, 1.54) is 0 Å². The van der Waals surface area contributed by atoms with Gasteiger partial charge in [0.05, 0.1) is 22.5 Å². The summed E-state index contributed by atoms with van der Waals surface area (Å²) in [6, 6.07) is 9.80. The molecule has 0 unspecified atom stereocenters. The standard InChI is InChI=1S/C20H20N4O/c1-14-11-21-13-19(23-14)15-6-8-24(9-7-15)20(25)17-10-16-4-2-3-5-18(16)22-12-17/h2-5,10-13,15H,6-9H2,1H3. The molecule has 1 amide bonds. The van der Waals surface area contributed by atoms with Gasteiger partial charge in [0.25, 0.3) is 5.91 Å². The molecule has 0 bridgehead atoms. The molecule has 0 radical (unpaired) electrons. The average molecular weight is 332 g/mol. The molecule has 0 saturated carbocycles. The summed E-state index contributed by atoms with van der Waals surface area (Å²) in [5, 5.41) is 0.998.